The topological polar surface area (TPSA) is 81.6 Å². The van der Waals surface area contributed by atoms with Crippen LogP contribution < -0.4 is 10.6 Å². The second-order valence-corrected chi connectivity index (χ2v) is 9.00. The molecule has 4 rings (SSSR count). The number of hydrogen-bond acceptors (Lipinski definition) is 4. The van der Waals surface area contributed by atoms with Gasteiger partial charge in [-0.05, 0) is 66.1 Å². The van der Waals surface area contributed by atoms with E-state index in [1.54, 1.807) is 0 Å². The van der Waals surface area contributed by atoms with Gasteiger partial charge in [-0.15, -0.1) is 0 Å². The van der Waals surface area contributed by atoms with Crippen LogP contribution in [0, 0.1) is 11.2 Å². The van der Waals surface area contributed by atoms with Gasteiger partial charge in [-0.25, -0.2) is 4.39 Å². The summed E-state index contributed by atoms with van der Waals surface area (Å²) in [6.45, 7) is 6.59. The third kappa shape index (κ3) is 3.07. The molecule has 2 aliphatic rings. The highest BCUT2D eigenvalue weighted by atomic mass is 19.1. The first kappa shape index (κ1) is 18.6. The van der Waals surface area contributed by atoms with E-state index in [9.17, 15) is 19.4 Å². The zero-order chi connectivity index (χ0) is 20.3. The summed E-state index contributed by atoms with van der Waals surface area (Å²) >= 11 is 0. The number of fused-ring (bicyclic) bond motifs is 1. The molecule has 0 bridgehead atoms. The number of aromatic hydroxyl groups is 2. The fourth-order valence-corrected chi connectivity index (χ4v) is 3.85. The number of amides is 1. The monoisotopic (exact) mass is 384 g/mol. The van der Waals surface area contributed by atoms with E-state index in [1.165, 1.54) is 6.07 Å². The molecule has 4 N–H and O–H groups in total. The number of hydrogen-bond donors (Lipinski definition) is 4. The van der Waals surface area contributed by atoms with Crippen LogP contribution >= 0.6 is 0 Å². The van der Waals surface area contributed by atoms with Crippen molar-refractivity contribution in [3.63, 3.8) is 0 Å². The predicted octanol–water partition coefficient (Wildman–Crippen LogP) is 4.29. The number of phenols is 2. The number of carbonyl (C=O) groups excluding carboxylic acids is 1. The van der Waals surface area contributed by atoms with Crippen LogP contribution in [0.2, 0.25) is 0 Å². The Morgan fingerprint density at radius 1 is 1.21 bits per heavy atom. The molecule has 28 heavy (non-hydrogen) atoms. The zero-order valence-corrected chi connectivity index (χ0v) is 16.3. The average molecular weight is 384 g/mol. The smallest absolute Gasteiger partial charge is 0.235 e. The number of phenolic OH excluding ortho intramolecular Hbond substituents is 2. The first-order valence-electron chi connectivity index (χ1n) is 9.53. The SMILES string of the molecule is CC(C)(C)C1Cc2cc(NC(=O)C3(c4cc(O)c(O)c(F)c4)CC3)ccc2N1. The van der Waals surface area contributed by atoms with Crippen LogP contribution in [0.15, 0.2) is 30.3 Å². The molecule has 6 heteroatoms. The first-order valence-corrected chi connectivity index (χ1v) is 9.53. The number of halogens is 1. The third-order valence-corrected chi connectivity index (χ3v) is 5.94. The highest BCUT2D eigenvalue weighted by Crippen LogP contribution is 2.51. The molecule has 1 saturated carbocycles. The number of rotatable bonds is 3. The second-order valence-electron chi connectivity index (χ2n) is 9.00. The van der Waals surface area contributed by atoms with Gasteiger partial charge in [0.25, 0.3) is 0 Å². The Labute approximate surface area is 163 Å². The van der Waals surface area contributed by atoms with Crippen LogP contribution in [0.3, 0.4) is 0 Å². The minimum Gasteiger partial charge on any atom is -0.504 e. The molecule has 1 amide bonds. The molecule has 1 fully saturated rings. The van der Waals surface area contributed by atoms with Crippen LogP contribution in [0.5, 0.6) is 11.5 Å². The van der Waals surface area contributed by atoms with Crippen molar-refractivity contribution in [2.45, 2.75) is 51.5 Å². The first-order chi connectivity index (χ1) is 13.1. The normalized spacial score (nSPS) is 19.6. The summed E-state index contributed by atoms with van der Waals surface area (Å²) in [5.41, 5.74) is 2.60. The summed E-state index contributed by atoms with van der Waals surface area (Å²) in [5.74, 6) is -2.49. The van der Waals surface area contributed by atoms with Gasteiger partial charge in [-0.3, -0.25) is 4.79 Å². The maximum atomic E-state index is 13.8. The van der Waals surface area contributed by atoms with Gasteiger partial charge in [0.15, 0.2) is 17.3 Å². The lowest BCUT2D eigenvalue weighted by Crippen LogP contribution is -2.31. The summed E-state index contributed by atoms with van der Waals surface area (Å²) in [7, 11) is 0. The molecule has 5 nitrogen and oxygen atoms in total. The predicted molar refractivity (Wildman–Crippen MR) is 106 cm³/mol. The largest absolute Gasteiger partial charge is 0.504 e. The molecule has 0 spiro atoms. The maximum absolute atomic E-state index is 13.8. The quantitative estimate of drug-likeness (QED) is 0.595. The molecule has 148 valence electrons. The molecule has 2 aromatic rings. The van der Waals surface area contributed by atoms with E-state index in [0.29, 0.717) is 30.1 Å². The van der Waals surface area contributed by atoms with Gasteiger partial charge in [-0.2, -0.15) is 0 Å². The van der Waals surface area contributed by atoms with Crippen molar-refractivity contribution in [1.82, 2.24) is 0 Å². The van der Waals surface area contributed by atoms with Crippen molar-refractivity contribution in [3.05, 3.63) is 47.3 Å². The molecular weight excluding hydrogens is 359 g/mol. The highest BCUT2D eigenvalue weighted by molar-refractivity contribution is 6.01. The standard InChI is InChI=1S/C22H25FN2O3/c1-21(2,3)18-9-12-8-14(4-5-16(12)25-18)24-20(28)22(6-7-22)13-10-15(23)19(27)17(26)11-13/h4-5,8,10-11,18,25-27H,6-7,9H2,1-3H3,(H,24,28). The van der Waals surface area contributed by atoms with Gasteiger partial charge in [0.1, 0.15) is 0 Å². The Kier molecular flexibility index (Phi) is 4.07. The number of benzene rings is 2. The summed E-state index contributed by atoms with van der Waals surface area (Å²) in [5, 5.41) is 25.6. The molecule has 2 aromatic carbocycles. The molecule has 0 radical (unpaired) electrons. The molecule has 1 atom stereocenters. The fraction of sp³-hybridized carbons (Fsp3) is 0.409. The Hall–Kier alpha value is -2.76. The van der Waals surface area contributed by atoms with Gasteiger partial charge in [0, 0.05) is 17.4 Å². The van der Waals surface area contributed by atoms with Crippen LogP contribution in [-0.2, 0) is 16.6 Å². The number of carbonyl (C=O) groups is 1. The zero-order valence-electron chi connectivity index (χ0n) is 16.3. The second kappa shape index (κ2) is 6.12. The lowest BCUT2D eigenvalue weighted by Gasteiger charge is -2.27. The molecule has 0 aromatic heterocycles. The number of anilines is 2. The van der Waals surface area contributed by atoms with Gasteiger partial charge in [-0.1, -0.05) is 20.8 Å². The van der Waals surface area contributed by atoms with E-state index >= 15 is 0 Å². The number of nitrogens with one attached hydrogen (secondary N) is 2. The van der Waals surface area contributed by atoms with E-state index in [2.05, 4.69) is 31.4 Å². The van der Waals surface area contributed by atoms with Crippen LogP contribution in [-0.4, -0.2) is 22.2 Å². The van der Waals surface area contributed by atoms with Crippen molar-refractivity contribution in [2.75, 3.05) is 10.6 Å². The van der Waals surface area contributed by atoms with Crippen molar-refractivity contribution >= 4 is 17.3 Å². The maximum Gasteiger partial charge on any atom is 0.235 e. The Morgan fingerprint density at radius 2 is 1.93 bits per heavy atom. The molecule has 1 aliphatic heterocycles. The Morgan fingerprint density at radius 3 is 2.54 bits per heavy atom. The highest BCUT2D eigenvalue weighted by Gasteiger charge is 2.52. The van der Waals surface area contributed by atoms with Gasteiger partial charge in [0.2, 0.25) is 5.91 Å². The molecule has 1 aliphatic carbocycles. The Bertz CT molecular complexity index is 938. The van der Waals surface area contributed by atoms with Crippen LogP contribution in [0.4, 0.5) is 15.8 Å². The summed E-state index contributed by atoms with van der Waals surface area (Å²) in [6.07, 6.45) is 2.03. The molecule has 0 saturated heterocycles. The van der Waals surface area contributed by atoms with Crippen molar-refractivity contribution in [1.29, 1.82) is 0 Å². The minimum absolute atomic E-state index is 0.130. The van der Waals surface area contributed by atoms with E-state index in [0.717, 1.165) is 23.7 Å². The molecule has 1 unspecified atom stereocenters. The van der Waals surface area contributed by atoms with Gasteiger partial charge >= 0.3 is 0 Å². The summed E-state index contributed by atoms with van der Waals surface area (Å²) < 4.78 is 13.8. The minimum atomic E-state index is -0.925. The fourth-order valence-electron chi connectivity index (χ4n) is 3.85. The van der Waals surface area contributed by atoms with Crippen molar-refractivity contribution in [2.24, 2.45) is 5.41 Å². The van der Waals surface area contributed by atoms with Crippen LogP contribution in [0.1, 0.15) is 44.7 Å². The lowest BCUT2D eigenvalue weighted by atomic mass is 9.85. The molecule has 1 heterocycles. The summed E-state index contributed by atoms with van der Waals surface area (Å²) in [4.78, 5) is 12.9. The van der Waals surface area contributed by atoms with E-state index in [4.69, 9.17) is 0 Å². The van der Waals surface area contributed by atoms with Crippen molar-refractivity contribution in [3.8, 4) is 11.5 Å². The van der Waals surface area contributed by atoms with Gasteiger partial charge in [0.05, 0.1) is 5.41 Å². The Balaban J connectivity index is 1.54. The van der Waals surface area contributed by atoms with Crippen molar-refractivity contribution < 1.29 is 19.4 Å². The summed E-state index contributed by atoms with van der Waals surface area (Å²) in [6, 6.07) is 8.55. The lowest BCUT2D eigenvalue weighted by molar-refractivity contribution is -0.118. The van der Waals surface area contributed by atoms with E-state index in [1.807, 2.05) is 18.2 Å². The van der Waals surface area contributed by atoms with Gasteiger partial charge < -0.3 is 20.8 Å². The molecular formula is C22H25FN2O3. The average Bonchev–Trinajstić information content (AvgIpc) is 3.31. The van der Waals surface area contributed by atoms with E-state index < -0.39 is 22.7 Å². The third-order valence-electron chi connectivity index (χ3n) is 5.94. The van der Waals surface area contributed by atoms with E-state index in [-0.39, 0.29) is 11.3 Å². The van der Waals surface area contributed by atoms with Crippen LogP contribution in [0.25, 0.3) is 0 Å².